The van der Waals surface area contributed by atoms with Gasteiger partial charge in [-0.1, -0.05) is 37.1 Å². The number of hydrogen-bond donors (Lipinski definition) is 3. The molecular formula is C26H33ClN6O. The van der Waals surface area contributed by atoms with Gasteiger partial charge in [0.1, 0.15) is 0 Å². The summed E-state index contributed by atoms with van der Waals surface area (Å²) < 4.78 is 0. The molecule has 34 heavy (non-hydrogen) atoms. The van der Waals surface area contributed by atoms with Crippen molar-refractivity contribution in [3.63, 3.8) is 0 Å². The molecule has 0 spiro atoms. The molecule has 1 aliphatic rings. The lowest BCUT2D eigenvalue weighted by Crippen LogP contribution is -2.35. The number of allylic oxidation sites excluding steroid dienone is 2. The van der Waals surface area contributed by atoms with Crippen LogP contribution in [-0.2, 0) is 17.9 Å². The molecule has 180 valence electrons. The molecule has 7 nitrogen and oxygen atoms in total. The van der Waals surface area contributed by atoms with E-state index >= 15 is 0 Å². The van der Waals surface area contributed by atoms with Gasteiger partial charge in [-0.25, -0.2) is 9.97 Å². The van der Waals surface area contributed by atoms with Gasteiger partial charge in [0.2, 0.25) is 5.95 Å². The minimum atomic E-state index is -0.145. The van der Waals surface area contributed by atoms with Gasteiger partial charge in [0, 0.05) is 59.4 Å². The van der Waals surface area contributed by atoms with Crippen LogP contribution in [-0.4, -0.2) is 39.1 Å². The molecule has 0 bridgehead atoms. The lowest BCUT2D eigenvalue weighted by atomic mass is 10.1. The van der Waals surface area contributed by atoms with Crippen LogP contribution in [0.4, 0.5) is 11.6 Å². The quantitative estimate of drug-likeness (QED) is 0.227. The van der Waals surface area contributed by atoms with Gasteiger partial charge in [-0.15, -0.1) is 0 Å². The van der Waals surface area contributed by atoms with E-state index in [4.69, 9.17) is 22.0 Å². The van der Waals surface area contributed by atoms with Gasteiger partial charge in [-0.3, -0.25) is 9.69 Å². The monoisotopic (exact) mass is 480 g/mol. The van der Waals surface area contributed by atoms with Crippen LogP contribution in [0.5, 0.6) is 0 Å². The minimum absolute atomic E-state index is 0.145. The molecule has 3 N–H and O–H groups in total. The lowest BCUT2D eigenvalue weighted by Gasteiger charge is -2.27. The fraction of sp³-hybridized carbons (Fsp3) is 0.385. The third kappa shape index (κ3) is 7.23. The largest absolute Gasteiger partial charge is 0.352 e. The predicted octanol–water partition coefficient (Wildman–Crippen LogP) is 5.41. The first-order valence-electron chi connectivity index (χ1n) is 11.7. The number of hydrogen-bond acceptors (Lipinski definition) is 6. The fourth-order valence-electron chi connectivity index (χ4n) is 4.06. The Morgan fingerprint density at radius 2 is 2.03 bits per heavy atom. The standard InChI is InChI=1S/C26H33ClN6O/c1-4-6-19(14-18(3)28)25(34)29-13-12-23(7-5-2)33-16-20-15-30-26(32-24(20)17-33)31-22-10-8-21(27)9-11-22/h4,6,8-11,14-15,23,28H,5,7,12-13,16-17H2,1-3H3,(H,29,34)(H,30,31,32)/b6-4-,19-14+,28-18?/t23-/m1/s1. The molecule has 1 aromatic carbocycles. The Hall–Kier alpha value is -3.03. The minimum Gasteiger partial charge on any atom is -0.352 e. The van der Waals surface area contributed by atoms with E-state index in [1.807, 2.05) is 43.5 Å². The Morgan fingerprint density at radius 1 is 1.26 bits per heavy atom. The van der Waals surface area contributed by atoms with Crippen molar-refractivity contribution < 1.29 is 4.79 Å². The zero-order valence-electron chi connectivity index (χ0n) is 20.1. The Kier molecular flexibility index (Phi) is 9.36. The van der Waals surface area contributed by atoms with Crippen molar-refractivity contribution in [2.24, 2.45) is 0 Å². The van der Waals surface area contributed by atoms with Crippen molar-refractivity contribution in [3.05, 3.63) is 70.5 Å². The highest BCUT2D eigenvalue weighted by Crippen LogP contribution is 2.27. The second-order valence-corrected chi connectivity index (χ2v) is 8.91. The number of nitrogens with zero attached hydrogens (tertiary/aromatic N) is 3. The van der Waals surface area contributed by atoms with Gasteiger partial charge in [0.25, 0.3) is 5.91 Å². The second kappa shape index (κ2) is 12.4. The van der Waals surface area contributed by atoms with Gasteiger partial charge < -0.3 is 16.0 Å². The van der Waals surface area contributed by atoms with Crippen LogP contribution >= 0.6 is 11.6 Å². The van der Waals surface area contributed by atoms with E-state index in [9.17, 15) is 4.79 Å². The maximum atomic E-state index is 12.5. The van der Waals surface area contributed by atoms with Crippen molar-refractivity contribution in [1.82, 2.24) is 20.2 Å². The summed E-state index contributed by atoms with van der Waals surface area (Å²) in [6.07, 6.45) is 10.0. The first-order chi connectivity index (χ1) is 16.4. The molecule has 1 aromatic heterocycles. The lowest BCUT2D eigenvalue weighted by molar-refractivity contribution is -0.117. The molecule has 2 aromatic rings. The average molecular weight is 481 g/mol. The number of carbonyl (C=O) groups excluding carboxylic acids is 1. The highest BCUT2D eigenvalue weighted by molar-refractivity contribution is 6.30. The Balaban J connectivity index is 1.59. The molecule has 8 heteroatoms. The highest BCUT2D eigenvalue weighted by Gasteiger charge is 2.27. The normalized spacial score (nSPS) is 14.8. The molecule has 1 aliphatic heterocycles. The molecule has 0 aliphatic carbocycles. The first kappa shape index (κ1) is 25.6. The van der Waals surface area contributed by atoms with Crippen molar-refractivity contribution in [1.29, 1.82) is 5.41 Å². The van der Waals surface area contributed by atoms with Crippen LogP contribution in [0.15, 0.2) is 54.3 Å². The van der Waals surface area contributed by atoms with E-state index in [2.05, 4.69) is 27.4 Å². The average Bonchev–Trinajstić information content (AvgIpc) is 3.22. The van der Waals surface area contributed by atoms with Crippen molar-refractivity contribution in [2.75, 3.05) is 11.9 Å². The summed E-state index contributed by atoms with van der Waals surface area (Å²) in [5.74, 6) is 0.431. The summed E-state index contributed by atoms with van der Waals surface area (Å²) in [5.41, 5.74) is 3.94. The van der Waals surface area contributed by atoms with Gasteiger partial charge >= 0.3 is 0 Å². The summed E-state index contributed by atoms with van der Waals surface area (Å²) in [6, 6.07) is 7.80. The number of amides is 1. The van der Waals surface area contributed by atoms with Crippen LogP contribution < -0.4 is 10.6 Å². The van der Waals surface area contributed by atoms with Crippen LogP contribution in [0.1, 0.15) is 51.3 Å². The third-order valence-corrected chi connectivity index (χ3v) is 5.91. The summed E-state index contributed by atoms with van der Waals surface area (Å²) in [6.45, 7) is 7.87. The Labute approximate surface area is 206 Å². The number of aromatic nitrogens is 2. The summed E-state index contributed by atoms with van der Waals surface area (Å²) in [7, 11) is 0. The number of rotatable bonds is 11. The topological polar surface area (TPSA) is 94.0 Å². The number of anilines is 2. The molecule has 0 radical (unpaired) electrons. The molecule has 2 heterocycles. The van der Waals surface area contributed by atoms with Gasteiger partial charge in [-0.2, -0.15) is 0 Å². The SMILES string of the molecule is C/C=C\C(=C/C(C)=N)C(=O)NCC[C@@H](CCC)N1Cc2cnc(Nc3ccc(Cl)cc3)nc2C1. The number of benzene rings is 1. The van der Waals surface area contributed by atoms with Crippen molar-refractivity contribution >= 4 is 34.9 Å². The van der Waals surface area contributed by atoms with Crippen molar-refractivity contribution in [3.8, 4) is 0 Å². The van der Waals surface area contributed by atoms with Gasteiger partial charge in [0.15, 0.2) is 0 Å². The molecule has 0 fully saturated rings. The predicted molar refractivity (Wildman–Crippen MR) is 139 cm³/mol. The third-order valence-electron chi connectivity index (χ3n) is 5.66. The fourth-order valence-corrected chi connectivity index (χ4v) is 4.18. The number of halogens is 1. The Bertz CT molecular complexity index is 1060. The summed E-state index contributed by atoms with van der Waals surface area (Å²) in [5, 5.41) is 14.6. The zero-order chi connectivity index (χ0) is 24.5. The molecule has 0 unspecified atom stereocenters. The van der Waals surface area contributed by atoms with E-state index in [-0.39, 0.29) is 5.91 Å². The van der Waals surface area contributed by atoms with E-state index < -0.39 is 0 Å². The molecule has 3 rings (SSSR count). The van der Waals surface area contributed by atoms with E-state index in [1.54, 1.807) is 19.1 Å². The zero-order valence-corrected chi connectivity index (χ0v) is 20.8. The molecule has 1 atom stereocenters. The maximum absolute atomic E-state index is 12.5. The smallest absolute Gasteiger partial charge is 0.251 e. The number of carbonyl (C=O) groups is 1. The second-order valence-electron chi connectivity index (χ2n) is 8.47. The molecular weight excluding hydrogens is 448 g/mol. The van der Waals surface area contributed by atoms with Crippen molar-refractivity contribution in [2.45, 2.75) is 59.2 Å². The Morgan fingerprint density at radius 3 is 2.71 bits per heavy atom. The van der Waals surface area contributed by atoms with E-state index in [0.717, 1.165) is 49.3 Å². The molecule has 1 amide bonds. The van der Waals surface area contributed by atoms with Gasteiger partial charge in [-0.05, 0) is 57.0 Å². The van der Waals surface area contributed by atoms with E-state index in [0.29, 0.717) is 34.8 Å². The van der Waals surface area contributed by atoms with E-state index in [1.165, 1.54) is 0 Å². The molecule has 0 saturated carbocycles. The number of nitrogens with one attached hydrogen (secondary N) is 3. The van der Waals surface area contributed by atoms with Gasteiger partial charge in [0.05, 0.1) is 5.69 Å². The van der Waals surface area contributed by atoms with Crippen LogP contribution in [0, 0.1) is 5.41 Å². The van der Waals surface area contributed by atoms with Crippen LogP contribution in [0.25, 0.3) is 0 Å². The molecule has 0 saturated heterocycles. The maximum Gasteiger partial charge on any atom is 0.251 e. The summed E-state index contributed by atoms with van der Waals surface area (Å²) >= 11 is 5.96. The first-order valence-corrected chi connectivity index (χ1v) is 12.1. The summed E-state index contributed by atoms with van der Waals surface area (Å²) in [4.78, 5) is 24.2. The van der Waals surface area contributed by atoms with Crippen LogP contribution in [0.3, 0.4) is 0 Å². The highest BCUT2D eigenvalue weighted by atomic mass is 35.5. The van der Waals surface area contributed by atoms with Crippen LogP contribution in [0.2, 0.25) is 5.02 Å². The number of fused-ring (bicyclic) bond motifs is 1.